The van der Waals surface area contributed by atoms with Gasteiger partial charge in [-0.2, -0.15) is 5.06 Å². The maximum atomic E-state index is 11.3. The van der Waals surface area contributed by atoms with Crippen LogP contribution in [0.15, 0.2) is 54.6 Å². The summed E-state index contributed by atoms with van der Waals surface area (Å²) in [6.07, 6.45) is 4.51. The molecule has 1 aliphatic heterocycles. The van der Waals surface area contributed by atoms with E-state index in [1.54, 1.807) is 5.06 Å². The van der Waals surface area contributed by atoms with Crippen molar-refractivity contribution < 1.29 is 5.21 Å². The fourth-order valence-corrected chi connectivity index (χ4v) is 5.65. The van der Waals surface area contributed by atoms with Crippen LogP contribution >= 0.6 is 0 Å². The van der Waals surface area contributed by atoms with Crippen molar-refractivity contribution in [3.05, 3.63) is 71.3 Å². The summed E-state index contributed by atoms with van der Waals surface area (Å²) in [7, 11) is 0. The summed E-state index contributed by atoms with van der Waals surface area (Å²) in [6, 6.07) is 20.1. The van der Waals surface area contributed by atoms with Crippen LogP contribution in [0.2, 0.25) is 0 Å². The summed E-state index contributed by atoms with van der Waals surface area (Å²) in [5.41, 5.74) is 4.29. The number of aryl methyl sites for hydroxylation is 1. The second kappa shape index (κ2) is 7.65. The summed E-state index contributed by atoms with van der Waals surface area (Å²) in [5.74, 6) is 1.75. The lowest BCUT2D eigenvalue weighted by Crippen LogP contribution is -2.51. The number of piperidine rings is 1. The average molecular weight is 378 g/mol. The van der Waals surface area contributed by atoms with Crippen LogP contribution in [-0.2, 0) is 0 Å². The summed E-state index contributed by atoms with van der Waals surface area (Å²) < 4.78 is 0. The van der Waals surface area contributed by atoms with Gasteiger partial charge in [0.25, 0.3) is 0 Å². The standard InChI is InChI=1S/C26H35NO/c1-18-10-12-20(13-11-18)25-17-22(19-8-6-5-7-9-19)23-16-21(26(2,3)4)14-15-24(23)27(25)28/h5-13,21-25,28H,14-17H2,1-4H3/t21-,22+,23+,24+,25+/m0/s1. The van der Waals surface area contributed by atoms with Crippen molar-refractivity contribution in [2.45, 2.75) is 71.4 Å². The highest BCUT2D eigenvalue weighted by Crippen LogP contribution is 2.53. The monoisotopic (exact) mass is 377 g/mol. The zero-order chi connectivity index (χ0) is 19.9. The molecule has 0 spiro atoms. The Bertz CT molecular complexity index is 776. The third-order valence-electron chi connectivity index (χ3n) is 7.43. The van der Waals surface area contributed by atoms with Gasteiger partial charge >= 0.3 is 0 Å². The van der Waals surface area contributed by atoms with Crippen LogP contribution in [-0.4, -0.2) is 16.3 Å². The van der Waals surface area contributed by atoms with Gasteiger partial charge < -0.3 is 5.21 Å². The fraction of sp³-hybridized carbons (Fsp3) is 0.538. The molecule has 2 aromatic rings. The maximum absolute atomic E-state index is 11.3. The number of benzene rings is 2. The Morgan fingerprint density at radius 1 is 0.857 bits per heavy atom. The summed E-state index contributed by atoms with van der Waals surface area (Å²) in [4.78, 5) is 0. The first-order valence-corrected chi connectivity index (χ1v) is 10.9. The molecule has 0 radical (unpaired) electrons. The molecule has 0 bridgehead atoms. The van der Waals surface area contributed by atoms with E-state index >= 15 is 0 Å². The van der Waals surface area contributed by atoms with E-state index in [4.69, 9.17) is 0 Å². The van der Waals surface area contributed by atoms with Crippen LogP contribution in [0.4, 0.5) is 0 Å². The van der Waals surface area contributed by atoms with E-state index in [0.717, 1.165) is 18.8 Å². The van der Waals surface area contributed by atoms with Gasteiger partial charge in [-0.1, -0.05) is 80.9 Å². The molecule has 1 heterocycles. The molecule has 1 saturated carbocycles. The van der Waals surface area contributed by atoms with E-state index in [2.05, 4.69) is 82.3 Å². The molecular formula is C26H35NO. The number of fused-ring (bicyclic) bond motifs is 1. The molecule has 2 aliphatic rings. The molecule has 2 heteroatoms. The number of hydrogen-bond donors (Lipinski definition) is 1. The second-order valence-electron chi connectivity index (χ2n) is 10.2. The quantitative estimate of drug-likeness (QED) is 0.626. The molecule has 150 valence electrons. The lowest BCUT2D eigenvalue weighted by molar-refractivity contribution is -0.213. The van der Waals surface area contributed by atoms with Gasteiger partial charge in [0.05, 0.1) is 6.04 Å². The largest absolute Gasteiger partial charge is 0.313 e. The van der Waals surface area contributed by atoms with Crippen LogP contribution in [0.3, 0.4) is 0 Å². The summed E-state index contributed by atoms with van der Waals surface area (Å²) in [6.45, 7) is 9.26. The fourth-order valence-electron chi connectivity index (χ4n) is 5.65. The molecule has 2 aromatic carbocycles. The van der Waals surface area contributed by atoms with Gasteiger partial charge in [0.2, 0.25) is 0 Å². The smallest absolute Gasteiger partial charge is 0.0608 e. The van der Waals surface area contributed by atoms with E-state index in [0.29, 0.717) is 17.3 Å². The molecule has 0 aromatic heterocycles. The Kier molecular flexibility index (Phi) is 5.37. The third kappa shape index (κ3) is 3.77. The minimum atomic E-state index is 0.0817. The molecule has 2 nitrogen and oxygen atoms in total. The van der Waals surface area contributed by atoms with E-state index in [1.807, 2.05) is 0 Å². The predicted octanol–water partition coefficient (Wildman–Crippen LogP) is 6.75. The van der Waals surface area contributed by atoms with Crippen LogP contribution in [0, 0.1) is 24.2 Å². The van der Waals surface area contributed by atoms with E-state index < -0.39 is 0 Å². The Morgan fingerprint density at radius 3 is 2.18 bits per heavy atom. The first-order chi connectivity index (χ1) is 13.3. The molecule has 1 N–H and O–H groups in total. The van der Waals surface area contributed by atoms with Crippen molar-refractivity contribution in [1.29, 1.82) is 0 Å². The Hall–Kier alpha value is -1.64. The van der Waals surface area contributed by atoms with Crippen LogP contribution in [0.5, 0.6) is 0 Å². The summed E-state index contributed by atoms with van der Waals surface area (Å²) in [5, 5.41) is 13.0. The number of rotatable bonds is 2. The lowest BCUT2D eigenvalue weighted by atomic mass is 9.61. The Labute approximate surface area is 170 Å². The molecule has 5 atom stereocenters. The zero-order valence-corrected chi connectivity index (χ0v) is 17.8. The minimum Gasteiger partial charge on any atom is -0.313 e. The van der Waals surface area contributed by atoms with E-state index in [9.17, 15) is 5.21 Å². The summed E-state index contributed by atoms with van der Waals surface area (Å²) >= 11 is 0. The minimum absolute atomic E-state index is 0.0817. The van der Waals surface area contributed by atoms with Gasteiger partial charge in [0.15, 0.2) is 0 Å². The SMILES string of the molecule is Cc1ccc([C@H]2C[C@H](c3ccccc3)[C@H]3C[C@@H](C(C)(C)C)CC[C@H]3N2O)cc1. The molecule has 0 unspecified atom stereocenters. The molecule has 0 amide bonds. The molecule has 1 aliphatic carbocycles. The van der Waals surface area contributed by atoms with E-state index in [-0.39, 0.29) is 12.1 Å². The van der Waals surface area contributed by atoms with E-state index in [1.165, 1.54) is 29.5 Å². The lowest BCUT2D eigenvalue weighted by Gasteiger charge is -2.52. The third-order valence-corrected chi connectivity index (χ3v) is 7.43. The van der Waals surface area contributed by atoms with Crippen molar-refractivity contribution in [2.75, 3.05) is 0 Å². The van der Waals surface area contributed by atoms with Crippen molar-refractivity contribution in [2.24, 2.45) is 17.3 Å². The van der Waals surface area contributed by atoms with Gasteiger partial charge in [0.1, 0.15) is 0 Å². The zero-order valence-electron chi connectivity index (χ0n) is 17.8. The van der Waals surface area contributed by atoms with Gasteiger partial charge in [0, 0.05) is 6.04 Å². The number of hydroxylamine groups is 2. The van der Waals surface area contributed by atoms with Crippen molar-refractivity contribution in [3.63, 3.8) is 0 Å². The van der Waals surface area contributed by atoms with Crippen LogP contribution in [0.1, 0.15) is 75.1 Å². The van der Waals surface area contributed by atoms with Crippen LogP contribution in [0.25, 0.3) is 0 Å². The molecule has 2 fully saturated rings. The highest BCUT2D eigenvalue weighted by atomic mass is 16.5. The van der Waals surface area contributed by atoms with Crippen molar-refractivity contribution >= 4 is 0 Å². The second-order valence-corrected chi connectivity index (χ2v) is 10.2. The normalized spacial score (nSPS) is 31.4. The van der Waals surface area contributed by atoms with Gasteiger partial charge in [-0.05, 0) is 66.9 Å². The van der Waals surface area contributed by atoms with Crippen LogP contribution < -0.4 is 0 Å². The number of hydrogen-bond acceptors (Lipinski definition) is 2. The molecular weight excluding hydrogens is 342 g/mol. The molecule has 1 saturated heterocycles. The van der Waals surface area contributed by atoms with Crippen molar-refractivity contribution in [3.8, 4) is 0 Å². The van der Waals surface area contributed by atoms with Gasteiger partial charge in [-0.3, -0.25) is 0 Å². The number of nitrogens with zero attached hydrogens (tertiary/aromatic N) is 1. The first-order valence-electron chi connectivity index (χ1n) is 10.9. The highest BCUT2D eigenvalue weighted by Gasteiger charge is 2.47. The maximum Gasteiger partial charge on any atom is 0.0608 e. The highest BCUT2D eigenvalue weighted by molar-refractivity contribution is 5.28. The average Bonchev–Trinajstić information content (AvgIpc) is 2.69. The Balaban J connectivity index is 1.69. The predicted molar refractivity (Wildman–Crippen MR) is 115 cm³/mol. The topological polar surface area (TPSA) is 23.5 Å². The molecule has 4 rings (SSSR count). The molecule has 28 heavy (non-hydrogen) atoms. The Morgan fingerprint density at radius 2 is 1.54 bits per heavy atom. The van der Waals surface area contributed by atoms with Crippen molar-refractivity contribution in [1.82, 2.24) is 5.06 Å². The van der Waals surface area contributed by atoms with Gasteiger partial charge in [-0.25, -0.2) is 0 Å². The first kappa shape index (κ1) is 19.7. The van der Waals surface area contributed by atoms with Gasteiger partial charge in [-0.15, -0.1) is 0 Å².